The molecule has 150 valence electrons. The van der Waals surface area contributed by atoms with E-state index in [4.69, 9.17) is 26.6 Å². The highest BCUT2D eigenvalue weighted by molar-refractivity contribution is 6.30. The molecule has 29 heavy (non-hydrogen) atoms. The lowest BCUT2D eigenvalue weighted by atomic mass is 10.2. The molecule has 0 bridgehead atoms. The minimum absolute atomic E-state index is 0.119. The van der Waals surface area contributed by atoms with E-state index in [-0.39, 0.29) is 23.3 Å². The molecule has 0 spiro atoms. The Labute approximate surface area is 170 Å². The topological polar surface area (TPSA) is 85.4 Å². The van der Waals surface area contributed by atoms with Crippen molar-refractivity contribution in [2.24, 2.45) is 12.2 Å². The Morgan fingerprint density at radius 2 is 1.93 bits per heavy atom. The van der Waals surface area contributed by atoms with Crippen LogP contribution >= 0.6 is 11.6 Å². The minimum Gasteiger partial charge on any atom is -0.455 e. The molecule has 0 amide bonds. The highest BCUT2D eigenvalue weighted by Crippen LogP contribution is 2.22. The monoisotopic (exact) mass is 419 g/mol. The lowest BCUT2D eigenvalue weighted by Gasteiger charge is -2.09. The van der Waals surface area contributed by atoms with Crippen LogP contribution < -0.4 is 4.74 Å². The number of nitrogens with one attached hydrogen (secondary N) is 1. The Hall–Kier alpha value is -3.33. The molecule has 3 rings (SSSR count). The van der Waals surface area contributed by atoms with Crippen molar-refractivity contribution in [1.29, 1.82) is 5.41 Å². The standard InChI is InChI=1S/C19H16ClF2N5O2/c1-11(10-24-29-17(23)12-4-3-5-14(20)6-12)28-19-26-25-18(27(19)2)13-7-15(21)9-16(22)8-13/h3-11,23H,1-2H3/b23-17?,24-10+. The summed E-state index contributed by atoms with van der Waals surface area (Å²) in [6.45, 7) is 1.67. The van der Waals surface area contributed by atoms with Gasteiger partial charge in [0.15, 0.2) is 5.82 Å². The molecule has 0 radical (unpaired) electrons. The molecular weight excluding hydrogens is 404 g/mol. The third-order valence-electron chi connectivity index (χ3n) is 3.75. The summed E-state index contributed by atoms with van der Waals surface area (Å²) in [5, 5.41) is 19.8. The second-order valence-corrected chi connectivity index (χ2v) is 6.47. The van der Waals surface area contributed by atoms with E-state index >= 15 is 0 Å². The Balaban J connectivity index is 1.63. The molecule has 1 atom stereocenters. The number of oxime groups is 1. The molecule has 7 nitrogen and oxygen atoms in total. The van der Waals surface area contributed by atoms with E-state index < -0.39 is 17.7 Å². The van der Waals surface area contributed by atoms with Gasteiger partial charge < -0.3 is 9.57 Å². The number of rotatable bonds is 6. The number of hydrogen-bond acceptors (Lipinski definition) is 6. The van der Waals surface area contributed by atoms with Gasteiger partial charge in [-0.05, 0) is 37.3 Å². The van der Waals surface area contributed by atoms with Crippen LogP contribution in [0.25, 0.3) is 11.4 Å². The van der Waals surface area contributed by atoms with Crippen LogP contribution in [0.3, 0.4) is 0 Å². The molecule has 3 aromatic rings. The van der Waals surface area contributed by atoms with Crippen molar-refractivity contribution in [2.45, 2.75) is 13.0 Å². The van der Waals surface area contributed by atoms with Crippen LogP contribution in [-0.4, -0.2) is 33.0 Å². The van der Waals surface area contributed by atoms with E-state index in [1.807, 2.05) is 0 Å². The van der Waals surface area contributed by atoms with Crippen molar-refractivity contribution in [2.75, 3.05) is 0 Å². The highest BCUT2D eigenvalue weighted by atomic mass is 35.5. The summed E-state index contributed by atoms with van der Waals surface area (Å²) in [6, 6.07) is 9.82. The average molecular weight is 420 g/mol. The highest BCUT2D eigenvalue weighted by Gasteiger charge is 2.15. The van der Waals surface area contributed by atoms with Crippen LogP contribution in [0.1, 0.15) is 12.5 Å². The summed E-state index contributed by atoms with van der Waals surface area (Å²) in [6.07, 6.45) is 0.747. The number of halogens is 3. The summed E-state index contributed by atoms with van der Waals surface area (Å²) in [5.74, 6) is -1.37. The van der Waals surface area contributed by atoms with E-state index in [2.05, 4.69) is 15.4 Å². The van der Waals surface area contributed by atoms with Gasteiger partial charge >= 0.3 is 6.01 Å². The normalized spacial score (nSPS) is 12.2. The van der Waals surface area contributed by atoms with Crippen molar-refractivity contribution in [3.05, 3.63) is 64.7 Å². The van der Waals surface area contributed by atoms with Gasteiger partial charge in [-0.15, -0.1) is 5.10 Å². The number of nitrogens with zero attached hydrogens (tertiary/aromatic N) is 4. The summed E-state index contributed by atoms with van der Waals surface area (Å²) < 4.78 is 33.9. The molecule has 0 fully saturated rings. The molecule has 1 unspecified atom stereocenters. The molecule has 0 saturated carbocycles. The van der Waals surface area contributed by atoms with Crippen LogP contribution in [0.5, 0.6) is 6.01 Å². The second-order valence-electron chi connectivity index (χ2n) is 6.03. The molecule has 0 aliphatic carbocycles. The van der Waals surface area contributed by atoms with Gasteiger partial charge in [0, 0.05) is 29.3 Å². The van der Waals surface area contributed by atoms with E-state index in [0.717, 1.165) is 18.2 Å². The van der Waals surface area contributed by atoms with Gasteiger partial charge in [0.1, 0.15) is 17.7 Å². The molecule has 1 heterocycles. The quantitative estimate of drug-likeness (QED) is 0.368. The van der Waals surface area contributed by atoms with Crippen LogP contribution in [-0.2, 0) is 11.9 Å². The molecule has 0 aliphatic rings. The molecule has 1 aromatic heterocycles. The average Bonchev–Trinajstić information content (AvgIpc) is 3.01. The van der Waals surface area contributed by atoms with Gasteiger partial charge in [0.05, 0.1) is 6.21 Å². The van der Waals surface area contributed by atoms with Crippen molar-refractivity contribution >= 4 is 23.7 Å². The first-order valence-electron chi connectivity index (χ1n) is 8.41. The largest absolute Gasteiger partial charge is 0.455 e. The van der Waals surface area contributed by atoms with Crippen molar-refractivity contribution in [3.8, 4) is 17.4 Å². The lowest BCUT2D eigenvalue weighted by Crippen LogP contribution is -2.16. The second kappa shape index (κ2) is 8.78. The van der Waals surface area contributed by atoms with Gasteiger partial charge in [-0.3, -0.25) is 9.98 Å². The fourth-order valence-electron chi connectivity index (χ4n) is 2.40. The third kappa shape index (κ3) is 5.14. The third-order valence-corrected chi connectivity index (χ3v) is 3.98. The first kappa shape index (κ1) is 20.4. The smallest absolute Gasteiger partial charge is 0.317 e. The lowest BCUT2D eigenvalue weighted by molar-refractivity contribution is 0.250. The fraction of sp³-hybridized carbons (Fsp3) is 0.158. The van der Waals surface area contributed by atoms with Gasteiger partial charge in [-0.25, -0.2) is 8.78 Å². The van der Waals surface area contributed by atoms with E-state index in [9.17, 15) is 8.78 Å². The predicted octanol–water partition coefficient (Wildman–Crippen LogP) is 4.21. The van der Waals surface area contributed by atoms with Crippen LogP contribution in [0.4, 0.5) is 8.78 Å². The zero-order chi connectivity index (χ0) is 21.0. The maximum Gasteiger partial charge on any atom is 0.317 e. The number of aromatic nitrogens is 3. The number of benzene rings is 2. The van der Waals surface area contributed by atoms with E-state index in [1.54, 1.807) is 38.2 Å². The van der Waals surface area contributed by atoms with Crippen LogP contribution in [0.15, 0.2) is 47.6 Å². The van der Waals surface area contributed by atoms with E-state index in [1.165, 1.54) is 10.8 Å². The van der Waals surface area contributed by atoms with Gasteiger partial charge in [0.2, 0.25) is 5.90 Å². The molecule has 1 N–H and O–H groups in total. The molecule has 0 aliphatic heterocycles. The van der Waals surface area contributed by atoms with Gasteiger partial charge in [-0.2, -0.15) is 0 Å². The number of ether oxygens (including phenoxy) is 1. The predicted molar refractivity (Wildman–Crippen MR) is 104 cm³/mol. The fourth-order valence-corrected chi connectivity index (χ4v) is 2.59. The summed E-state index contributed by atoms with van der Waals surface area (Å²) in [7, 11) is 1.60. The zero-order valence-electron chi connectivity index (χ0n) is 15.4. The van der Waals surface area contributed by atoms with Gasteiger partial charge in [-0.1, -0.05) is 27.9 Å². The Bertz CT molecular complexity index is 1050. The number of hydrogen-bond donors (Lipinski definition) is 1. The van der Waals surface area contributed by atoms with Crippen molar-refractivity contribution in [1.82, 2.24) is 14.8 Å². The Kier molecular flexibility index (Phi) is 6.18. The first-order chi connectivity index (χ1) is 13.8. The van der Waals surface area contributed by atoms with E-state index in [0.29, 0.717) is 10.6 Å². The molecular formula is C19H16ClF2N5O2. The molecule has 2 aromatic carbocycles. The van der Waals surface area contributed by atoms with Crippen LogP contribution in [0, 0.1) is 17.0 Å². The Morgan fingerprint density at radius 1 is 1.21 bits per heavy atom. The SMILES string of the molecule is CC(/C=N/OC(=N)c1cccc(Cl)c1)Oc1nnc(-c2cc(F)cc(F)c2)n1C. The summed E-state index contributed by atoms with van der Waals surface area (Å²) in [4.78, 5) is 5.01. The maximum absolute atomic E-state index is 13.4. The molecule has 0 saturated heterocycles. The van der Waals surface area contributed by atoms with Crippen molar-refractivity contribution < 1.29 is 18.4 Å². The van der Waals surface area contributed by atoms with Gasteiger partial charge in [0.25, 0.3) is 0 Å². The maximum atomic E-state index is 13.4. The molecule has 10 heteroatoms. The first-order valence-corrected chi connectivity index (χ1v) is 8.79. The zero-order valence-corrected chi connectivity index (χ0v) is 16.2. The van der Waals surface area contributed by atoms with Crippen LogP contribution in [0.2, 0.25) is 5.02 Å². The Morgan fingerprint density at radius 3 is 2.62 bits per heavy atom. The summed E-state index contributed by atoms with van der Waals surface area (Å²) >= 11 is 5.87. The summed E-state index contributed by atoms with van der Waals surface area (Å²) in [5.41, 5.74) is 0.704. The minimum atomic E-state index is -0.717. The van der Waals surface area contributed by atoms with Crippen molar-refractivity contribution in [3.63, 3.8) is 0 Å².